The van der Waals surface area contributed by atoms with Gasteiger partial charge in [0, 0.05) is 25.4 Å². The fraction of sp³-hybridized carbons (Fsp3) is 0.355. The lowest BCUT2D eigenvalue weighted by Crippen LogP contribution is -2.52. The highest BCUT2D eigenvalue weighted by Crippen LogP contribution is 2.17. The van der Waals surface area contributed by atoms with Crippen molar-refractivity contribution in [3.8, 4) is 5.75 Å². The lowest BCUT2D eigenvalue weighted by Gasteiger charge is -2.32. The first-order valence-electron chi connectivity index (χ1n) is 12.8. The number of carbonyl (C=O) groups is 2. The monoisotopic (exact) mass is 486 g/mol. The van der Waals surface area contributed by atoms with E-state index in [2.05, 4.69) is 5.32 Å². The van der Waals surface area contributed by atoms with Gasteiger partial charge in [-0.25, -0.2) is 0 Å². The Kier molecular flexibility index (Phi) is 10.6. The molecule has 0 unspecified atom stereocenters. The van der Waals surface area contributed by atoms with Crippen LogP contribution in [0.15, 0.2) is 84.9 Å². The molecule has 0 saturated heterocycles. The predicted octanol–water partition coefficient (Wildman–Crippen LogP) is 5.71. The highest BCUT2D eigenvalue weighted by atomic mass is 16.5. The van der Waals surface area contributed by atoms with Crippen molar-refractivity contribution in [3.63, 3.8) is 0 Å². The molecule has 0 bridgehead atoms. The zero-order valence-corrected chi connectivity index (χ0v) is 21.7. The van der Waals surface area contributed by atoms with Crippen LogP contribution in [-0.4, -0.2) is 35.4 Å². The molecule has 0 saturated carbocycles. The van der Waals surface area contributed by atoms with E-state index in [0.29, 0.717) is 32.4 Å². The molecule has 2 atom stereocenters. The summed E-state index contributed by atoms with van der Waals surface area (Å²) in [4.78, 5) is 28.8. The van der Waals surface area contributed by atoms with Crippen LogP contribution in [0.4, 0.5) is 0 Å². The molecule has 5 heteroatoms. The van der Waals surface area contributed by atoms with Crippen molar-refractivity contribution in [2.45, 2.75) is 65.1 Å². The fourth-order valence-electron chi connectivity index (χ4n) is 3.97. The van der Waals surface area contributed by atoms with Crippen molar-refractivity contribution in [1.82, 2.24) is 10.2 Å². The van der Waals surface area contributed by atoms with Crippen LogP contribution in [0.5, 0.6) is 5.75 Å². The first-order valence-corrected chi connectivity index (χ1v) is 12.8. The second-order valence-corrected chi connectivity index (χ2v) is 9.30. The first-order chi connectivity index (χ1) is 17.5. The van der Waals surface area contributed by atoms with E-state index in [1.54, 1.807) is 4.90 Å². The summed E-state index contributed by atoms with van der Waals surface area (Å²) >= 11 is 0. The van der Waals surface area contributed by atoms with Gasteiger partial charge in [0.1, 0.15) is 11.8 Å². The Bertz CT molecular complexity index is 1070. The van der Waals surface area contributed by atoms with E-state index in [-0.39, 0.29) is 17.9 Å². The molecule has 0 aliphatic rings. The van der Waals surface area contributed by atoms with E-state index in [1.165, 1.54) is 5.56 Å². The van der Waals surface area contributed by atoms with E-state index in [0.717, 1.165) is 23.3 Å². The molecule has 2 amide bonds. The van der Waals surface area contributed by atoms with Crippen LogP contribution >= 0.6 is 0 Å². The Morgan fingerprint density at radius 3 is 2.11 bits per heavy atom. The standard InChI is InChI=1S/C31H38N2O3/c1-4-25(3)32-31(35)29(22-26-12-7-5-8-13-26)33(23-27-14-9-6-10-15-27)30(34)16-11-21-36-28-19-17-24(2)18-20-28/h5-10,12-15,17-20,25,29H,4,11,16,21-23H2,1-3H3,(H,32,35)/t25-,29-/m1/s1. The number of nitrogens with one attached hydrogen (secondary N) is 1. The lowest BCUT2D eigenvalue weighted by atomic mass is 10.0. The van der Waals surface area contributed by atoms with E-state index in [9.17, 15) is 9.59 Å². The van der Waals surface area contributed by atoms with E-state index >= 15 is 0 Å². The van der Waals surface area contributed by atoms with Crippen molar-refractivity contribution in [1.29, 1.82) is 0 Å². The molecule has 0 aromatic heterocycles. The molecule has 0 spiro atoms. The van der Waals surface area contributed by atoms with E-state index in [4.69, 9.17) is 4.74 Å². The van der Waals surface area contributed by atoms with E-state index < -0.39 is 6.04 Å². The fourth-order valence-corrected chi connectivity index (χ4v) is 3.97. The minimum Gasteiger partial charge on any atom is -0.494 e. The van der Waals surface area contributed by atoms with Gasteiger partial charge in [-0.15, -0.1) is 0 Å². The summed E-state index contributed by atoms with van der Waals surface area (Å²) < 4.78 is 5.83. The topological polar surface area (TPSA) is 58.6 Å². The average molecular weight is 487 g/mol. The maximum absolute atomic E-state index is 13.6. The summed E-state index contributed by atoms with van der Waals surface area (Å²) in [5, 5.41) is 3.11. The molecular weight excluding hydrogens is 448 g/mol. The molecule has 0 aliphatic carbocycles. The average Bonchev–Trinajstić information content (AvgIpc) is 2.90. The molecule has 0 heterocycles. The molecule has 190 valence electrons. The molecular formula is C31H38N2O3. The number of nitrogens with zero attached hydrogens (tertiary/aromatic N) is 1. The van der Waals surface area contributed by atoms with Crippen LogP contribution in [0.2, 0.25) is 0 Å². The maximum Gasteiger partial charge on any atom is 0.243 e. The molecule has 0 aliphatic heterocycles. The summed E-state index contributed by atoms with van der Waals surface area (Å²) in [5.41, 5.74) is 3.20. The highest BCUT2D eigenvalue weighted by molar-refractivity contribution is 5.88. The second-order valence-electron chi connectivity index (χ2n) is 9.30. The van der Waals surface area contributed by atoms with Gasteiger partial charge >= 0.3 is 0 Å². The van der Waals surface area contributed by atoms with Crippen LogP contribution in [0.3, 0.4) is 0 Å². The van der Waals surface area contributed by atoms with E-state index in [1.807, 2.05) is 106 Å². The van der Waals surface area contributed by atoms with Crippen LogP contribution < -0.4 is 10.1 Å². The largest absolute Gasteiger partial charge is 0.494 e. The summed E-state index contributed by atoms with van der Waals surface area (Å²) in [7, 11) is 0. The molecule has 3 aromatic carbocycles. The maximum atomic E-state index is 13.6. The Hall–Kier alpha value is -3.60. The molecule has 5 nitrogen and oxygen atoms in total. The minimum atomic E-state index is -0.605. The molecule has 36 heavy (non-hydrogen) atoms. The number of rotatable bonds is 13. The third kappa shape index (κ3) is 8.56. The van der Waals surface area contributed by atoms with Gasteiger partial charge in [-0.3, -0.25) is 9.59 Å². The number of aryl methyl sites for hydroxylation is 1. The first kappa shape index (κ1) is 27.0. The van der Waals surface area contributed by atoms with Gasteiger partial charge < -0.3 is 15.0 Å². The molecule has 0 fully saturated rings. The summed E-state index contributed by atoms with van der Waals surface area (Å²) in [6.07, 6.45) is 2.16. The van der Waals surface area contributed by atoms with Gasteiger partial charge in [0.25, 0.3) is 0 Å². The number of carbonyl (C=O) groups excluding carboxylic acids is 2. The van der Waals surface area contributed by atoms with Crippen LogP contribution in [0.25, 0.3) is 0 Å². The van der Waals surface area contributed by atoms with Crippen LogP contribution in [-0.2, 0) is 22.6 Å². The highest BCUT2D eigenvalue weighted by Gasteiger charge is 2.30. The Labute approximate surface area is 215 Å². The predicted molar refractivity (Wildman–Crippen MR) is 145 cm³/mol. The van der Waals surface area contributed by atoms with Crippen LogP contribution in [0.1, 0.15) is 49.8 Å². The third-order valence-electron chi connectivity index (χ3n) is 6.29. The van der Waals surface area contributed by atoms with Crippen molar-refractivity contribution in [2.24, 2.45) is 0 Å². The Balaban J connectivity index is 1.76. The van der Waals surface area contributed by atoms with Crippen molar-refractivity contribution in [3.05, 3.63) is 102 Å². The Morgan fingerprint density at radius 2 is 1.50 bits per heavy atom. The van der Waals surface area contributed by atoms with Gasteiger partial charge in [0.05, 0.1) is 6.61 Å². The van der Waals surface area contributed by atoms with Crippen LogP contribution in [0, 0.1) is 6.92 Å². The van der Waals surface area contributed by atoms with Gasteiger partial charge in [0.15, 0.2) is 0 Å². The lowest BCUT2D eigenvalue weighted by molar-refractivity contribution is -0.141. The number of amides is 2. The van der Waals surface area contributed by atoms with Gasteiger partial charge in [0.2, 0.25) is 11.8 Å². The molecule has 0 radical (unpaired) electrons. The van der Waals surface area contributed by atoms with Crippen molar-refractivity contribution in [2.75, 3.05) is 6.61 Å². The van der Waals surface area contributed by atoms with Gasteiger partial charge in [-0.2, -0.15) is 0 Å². The summed E-state index contributed by atoms with van der Waals surface area (Å²) in [5.74, 6) is 0.629. The molecule has 3 aromatic rings. The van der Waals surface area contributed by atoms with Gasteiger partial charge in [-0.1, -0.05) is 85.3 Å². The second kappa shape index (κ2) is 14.1. The summed E-state index contributed by atoms with van der Waals surface area (Å²) in [6, 6.07) is 27.1. The smallest absolute Gasteiger partial charge is 0.243 e. The van der Waals surface area contributed by atoms with Crippen molar-refractivity contribution >= 4 is 11.8 Å². The number of benzene rings is 3. The van der Waals surface area contributed by atoms with Gasteiger partial charge in [-0.05, 0) is 49.9 Å². The zero-order valence-electron chi connectivity index (χ0n) is 21.7. The molecule has 3 rings (SSSR count). The zero-order chi connectivity index (χ0) is 25.8. The summed E-state index contributed by atoms with van der Waals surface area (Å²) in [6.45, 7) is 6.88. The SMILES string of the molecule is CC[C@@H](C)NC(=O)[C@@H](Cc1ccccc1)N(Cc1ccccc1)C(=O)CCCOc1ccc(C)cc1. The van der Waals surface area contributed by atoms with Crippen molar-refractivity contribution < 1.29 is 14.3 Å². The number of hydrogen-bond acceptors (Lipinski definition) is 3. The minimum absolute atomic E-state index is 0.0346. The normalized spacial score (nSPS) is 12.4. The number of hydrogen-bond donors (Lipinski definition) is 1. The molecule has 1 N–H and O–H groups in total. The number of ether oxygens (including phenoxy) is 1. The Morgan fingerprint density at radius 1 is 0.889 bits per heavy atom. The third-order valence-corrected chi connectivity index (χ3v) is 6.29. The quantitative estimate of drug-likeness (QED) is 0.315.